The third-order valence-corrected chi connectivity index (χ3v) is 6.42. The molecule has 0 saturated carbocycles. The summed E-state index contributed by atoms with van der Waals surface area (Å²) in [6, 6.07) is 9.60. The van der Waals surface area contributed by atoms with E-state index in [0.717, 1.165) is 10.9 Å². The van der Waals surface area contributed by atoms with Gasteiger partial charge in [0.05, 0.1) is 30.4 Å². The first-order valence-corrected chi connectivity index (χ1v) is 11.4. The summed E-state index contributed by atoms with van der Waals surface area (Å²) < 4.78 is 45.1. The lowest BCUT2D eigenvalue weighted by molar-refractivity contribution is 0.122. The van der Waals surface area contributed by atoms with Gasteiger partial charge in [0.25, 0.3) is 0 Å². The van der Waals surface area contributed by atoms with Crippen LogP contribution < -0.4 is 4.90 Å². The number of halogens is 1. The molecule has 1 N–H and O–H groups in total. The van der Waals surface area contributed by atoms with E-state index in [1.165, 1.54) is 18.4 Å². The second-order valence-electron chi connectivity index (χ2n) is 7.34. The topological polar surface area (TPSA) is 88.2 Å². The number of nitrogens with zero attached hydrogens (tertiary/aromatic N) is 3. The minimum atomic E-state index is -3.67. The van der Waals surface area contributed by atoms with Crippen molar-refractivity contribution in [2.75, 3.05) is 37.5 Å². The Morgan fingerprint density at radius 2 is 1.87 bits per heavy atom. The van der Waals surface area contributed by atoms with Gasteiger partial charge in [-0.2, -0.15) is 5.10 Å². The summed E-state index contributed by atoms with van der Waals surface area (Å²) >= 11 is 0. The van der Waals surface area contributed by atoms with Gasteiger partial charge >= 0.3 is 0 Å². The fourth-order valence-electron chi connectivity index (χ4n) is 3.92. The summed E-state index contributed by atoms with van der Waals surface area (Å²) in [5.74, 6) is 0.00938. The molecule has 0 atom stereocenters. The number of aromatic amines is 1. The van der Waals surface area contributed by atoms with Gasteiger partial charge in [-0.15, -0.1) is 0 Å². The number of hydrogen-bond donors (Lipinski definition) is 1. The number of sulfone groups is 1. The van der Waals surface area contributed by atoms with Crippen molar-refractivity contribution in [3.63, 3.8) is 0 Å². The molecule has 1 aliphatic rings. The maximum absolute atomic E-state index is 13.6. The first-order valence-electron chi connectivity index (χ1n) is 9.51. The Morgan fingerprint density at radius 3 is 2.57 bits per heavy atom. The van der Waals surface area contributed by atoms with Crippen LogP contribution in [0.15, 0.2) is 47.5 Å². The Labute approximate surface area is 172 Å². The van der Waals surface area contributed by atoms with E-state index < -0.39 is 9.84 Å². The molecule has 0 bridgehead atoms. The molecule has 0 aliphatic carbocycles. The fourth-order valence-corrected chi connectivity index (χ4v) is 5.02. The lowest BCUT2D eigenvalue weighted by atomic mass is 9.99. The van der Waals surface area contributed by atoms with E-state index >= 15 is 0 Å². The van der Waals surface area contributed by atoms with Crippen molar-refractivity contribution in [2.24, 2.45) is 0 Å². The molecule has 154 valence electrons. The van der Waals surface area contributed by atoms with E-state index in [0.29, 0.717) is 54.2 Å². The van der Waals surface area contributed by atoms with Gasteiger partial charge in [0.2, 0.25) is 0 Å². The number of rotatable bonds is 3. The number of fused-ring (bicyclic) bond motifs is 2. The summed E-state index contributed by atoms with van der Waals surface area (Å²) in [6.45, 7) is 2.06. The normalized spacial score (nSPS) is 15.2. The van der Waals surface area contributed by atoms with Crippen LogP contribution in [-0.2, 0) is 14.6 Å². The lowest BCUT2D eigenvalue weighted by Crippen LogP contribution is -2.37. The average molecular weight is 426 g/mol. The molecule has 0 spiro atoms. The molecule has 2 aromatic carbocycles. The standard InChI is InChI=1S/C21H19FN4O3S/c1-30(27,28)20-19(13-2-4-15(22)5-3-13)16-10-14-12-23-25-17(14)11-18(16)24-21(20)26-6-8-29-9-7-26/h2-5,10-12H,6-9H2,1H3,(H,23,25). The van der Waals surface area contributed by atoms with Gasteiger partial charge in [-0.1, -0.05) is 12.1 Å². The van der Waals surface area contributed by atoms with Gasteiger partial charge in [-0.25, -0.2) is 17.8 Å². The van der Waals surface area contributed by atoms with Gasteiger partial charge in [0.1, 0.15) is 16.5 Å². The second-order valence-corrected chi connectivity index (χ2v) is 9.30. The van der Waals surface area contributed by atoms with Crippen molar-refractivity contribution in [1.82, 2.24) is 15.2 Å². The van der Waals surface area contributed by atoms with E-state index in [-0.39, 0.29) is 10.7 Å². The lowest BCUT2D eigenvalue weighted by Gasteiger charge is -2.30. The quantitative estimate of drug-likeness (QED) is 0.541. The predicted octanol–water partition coefficient (Wildman–Crippen LogP) is 3.16. The zero-order chi connectivity index (χ0) is 20.9. The summed E-state index contributed by atoms with van der Waals surface area (Å²) in [7, 11) is -3.67. The fraction of sp³-hybridized carbons (Fsp3) is 0.238. The van der Waals surface area contributed by atoms with Crippen LogP contribution in [0, 0.1) is 5.82 Å². The molecule has 1 saturated heterocycles. The van der Waals surface area contributed by atoms with Crippen LogP contribution in [0.2, 0.25) is 0 Å². The predicted molar refractivity (Wildman–Crippen MR) is 113 cm³/mol. The number of morpholine rings is 1. The highest BCUT2D eigenvalue weighted by Crippen LogP contribution is 2.40. The van der Waals surface area contributed by atoms with Crippen molar-refractivity contribution < 1.29 is 17.5 Å². The van der Waals surface area contributed by atoms with Crippen molar-refractivity contribution >= 4 is 37.5 Å². The minimum absolute atomic E-state index is 0.145. The zero-order valence-corrected chi connectivity index (χ0v) is 17.0. The Balaban J connectivity index is 1.93. The Bertz CT molecular complexity index is 1360. The monoisotopic (exact) mass is 426 g/mol. The largest absolute Gasteiger partial charge is 0.378 e. The summed E-state index contributed by atoms with van der Waals surface area (Å²) in [5, 5.41) is 8.52. The molecular formula is C21H19FN4O3S. The molecule has 5 rings (SSSR count). The van der Waals surface area contributed by atoms with E-state index in [1.54, 1.807) is 18.3 Å². The van der Waals surface area contributed by atoms with E-state index in [4.69, 9.17) is 9.72 Å². The summed E-state index contributed by atoms with van der Waals surface area (Å²) in [5.41, 5.74) is 2.58. The molecule has 2 aromatic heterocycles. The number of nitrogens with one attached hydrogen (secondary N) is 1. The summed E-state index contributed by atoms with van der Waals surface area (Å²) in [4.78, 5) is 6.85. The van der Waals surface area contributed by atoms with Gasteiger partial charge in [-0.3, -0.25) is 5.10 Å². The second kappa shape index (κ2) is 7.03. The molecular weight excluding hydrogens is 407 g/mol. The van der Waals surface area contributed by atoms with Crippen molar-refractivity contribution in [3.8, 4) is 11.1 Å². The highest BCUT2D eigenvalue weighted by molar-refractivity contribution is 7.91. The van der Waals surface area contributed by atoms with Crippen LogP contribution in [0.3, 0.4) is 0 Å². The molecule has 7 nitrogen and oxygen atoms in total. The van der Waals surface area contributed by atoms with Crippen LogP contribution in [0.1, 0.15) is 0 Å². The molecule has 1 aliphatic heterocycles. The van der Waals surface area contributed by atoms with Crippen LogP contribution in [-0.4, -0.2) is 56.2 Å². The molecule has 0 radical (unpaired) electrons. The number of aromatic nitrogens is 3. The molecule has 0 amide bonds. The van der Waals surface area contributed by atoms with Crippen LogP contribution in [0.5, 0.6) is 0 Å². The van der Waals surface area contributed by atoms with Crippen LogP contribution in [0.25, 0.3) is 32.9 Å². The zero-order valence-electron chi connectivity index (χ0n) is 16.2. The minimum Gasteiger partial charge on any atom is -0.378 e. The van der Waals surface area contributed by atoms with Crippen molar-refractivity contribution in [1.29, 1.82) is 0 Å². The van der Waals surface area contributed by atoms with E-state index in [9.17, 15) is 12.8 Å². The number of H-pyrrole nitrogens is 1. The van der Waals surface area contributed by atoms with Gasteiger partial charge in [0.15, 0.2) is 9.84 Å². The van der Waals surface area contributed by atoms with Crippen LogP contribution in [0.4, 0.5) is 10.2 Å². The highest BCUT2D eigenvalue weighted by atomic mass is 32.2. The molecule has 9 heteroatoms. The highest BCUT2D eigenvalue weighted by Gasteiger charge is 2.28. The van der Waals surface area contributed by atoms with Crippen molar-refractivity contribution in [3.05, 3.63) is 48.4 Å². The number of anilines is 1. The maximum Gasteiger partial charge on any atom is 0.179 e. The van der Waals surface area contributed by atoms with Gasteiger partial charge in [0, 0.05) is 35.7 Å². The molecule has 1 fully saturated rings. The Morgan fingerprint density at radius 1 is 1.13 bits per heavy atom. The van der Waals surface area contributed by atoms with Gasteiger partial charge in [-0.05, 0) is 29.8 Å². The number of ether oxygens (including phenoxy) is 1. The third kappa shape index (κ3) is 3.20. The third-order valence-electron chi connectivity index (χ3n) is 5.30. The Hall–Kier alpha value is -3.04. The first kappa shape index (κ1) is 19.0. The SMILES string of the molecule is CS(=O)(=O)c1c(N2CCOCC2)nc2cc3[nH]ncc3cc2c1-c1ccc(F)cc1. The summed E-state index contributed by atoms with van der Waals surface area (Å²) in [6.07, 6.45) is 2.86. The smallest absolute Gasteiger partial charge is 0.179 e. The van der Waals surface area contributed by atoms with Crippen molar-refractivity contribution in [2.45, 2.75) is 4.90 Å². The van der Waals surface area contributed by atoms with E-state index in [1.807, 2.05) is 17.0 Å². The number of hydrogen-bond acceptors (Lipinski definition) is 6. The molecule has 3 heterocycles. The van der Waals surface area contributed by atoms with Gasteiger partial charge < -0.3 is 9.64 Å². The molecule has 30 heavy (non-hydrogen) atoms. The van der Waals surface area contributed by atoms with Crippen LogP contribution >= 0.6 is 0 Å². The average Bonchev–Trinajstić information content (AvgIpc) is 3.19. The van der Waals surface area contributed by atoms with E-state index in [2.05, 4.69) is 10.2 Å². The number of pyridine rings is 1. The first-order chi connectivity index (χ1) is 14.4. The molecule has 0 unspecified atom stereocenters. The number of benzene rings is 2. The Kier molecular flexibility index (Phi) is 4.44. The molecule has 4 aromatic rings. The maximum atomic E-state index is 13.6.